The molecule has 1 N–H and O–H groups in total. The van der Waals surface area contributed by atoms with Crippen LogP contribution in [0.3, 0.4) is 0 Å². The van der Waals surface area contributed by atoms with Crippen LogP contribution in [0.2, 0.25) is 0 Å². The van der Waals surface area contributed by atoms with Gasteiger partial charge in [-0.15, -0.1) is 0 Å². The summed E-state index contributed by atoms with van der Waals surface area (Å²) in [7, 11) is 0. The monoisotopic (exact) mass is 212 g/mol. The lowest BCUT2D eigenvalue weighted by Crippen LogP contribution is -2.33. The number of hydrogen-bond acceptors (Lipinski definition) is 1. The summed E-state index contributed by atoms with van der Waals surface area (Å²) in [4.78, 5) is 0. The van der Waals surface area contributed by atoms with E-state index in [2.05, 4.69) is 27.7 Å². The van der Waals surface area contributed by atoms with Crippen LogP contribution in [0.5, 0.6) is 0 Å². The van der Waals surface area contributed by atoms with Crippen molar-refractivity contribution in [1.82, 2.24) is 0 Å². The van der Waals surface area contributed by atoms with E-state index < -0.39 is 0 Å². The van der Waals surface area contributed by atoms with Crippen molar-refractivity contribution in [2.75, 3.05) is 0 Å². The summed E-state index contributed by atoms with van der Waals surface area (Å²) in [5.41, 5.74) is 0. The SMILES string of the molecule is CCC1CCCC(C(O)C(C)C(C)C)C1. The Labute approximate surface area is 95.3 Å². The van der Waals surface area contributed by atoms with Gasteiger partial charge in [0.25, 0.3) is 0 Å². The summed E-state index contributed by atoms with van der Waals surface area (Å²) in [6.07, 6.45) is 6.43. The maximum absolute atomic E-state index is 10.3. The van der Waals surface area contributed by atoms with E-state index in [-0.39, 0.29) is 6.10 Å². The molecule has 1 fully saturated rings. The predicted molar refractivity (Wildman–Crippen MR) is 65.7 cm³/mol. The zero-order chi connectivity index (χ0) is 11.4. The van der Waals surface area contributed by atoms with Gasteiger partial charge in [-0.3, -0.25) is 0 Å². The highest BCUT2D eigenvalue weighted by Crippen LogP contribution is 2.36. The summed E-state index contributed by atoms with van der Waals surface area (Å²) < 4.78 is 0. The molecule has 0 aromatic carbocycles. The average molecular weight is 212 g/mol. The maximum Gasteiger partial charge on any atom is 0.0596 e. The van der Waals surface area contributed by atoms with Crippen molar-refractivity contribution in [3.63, 3.8) is 0 Å². The first kappa shape index (κ1) is 13.0. The smallest absolute Gasteiger partial charge is 0.0596 e. The molecule has 0 amide bonds. The van der Waals surface area contributed by atoms with Gasteiger partial charge in [-0.2, -0.15) is 0 Å². The molecule has 0 aromatic rings. The molecule has 0 spiro atoms. The van der Waals surface area contributed by atoms with E-state index >= 15 is 0 Å². The number of aliphatic hydroxyl groups is 1. The Bertz CT molecular complexity index is 176. The van der Waals surface area contributed by atoms with E-state index in [1.165, 1.54) is 32.1 Å². The number of hydrogen-bond donors (Lipinski definition) is 1. The molecule has 0 aromatic heterocycles. The normalized spacial score (nSPS) is 31.6. The zero-order valence-corrected chi connectivity index (χ0v) is 10.9. The molecule has 1 rings (SSSR count). The van der Waals surface area contributed by atoms with Gasteiger partial charge in [-0.1, -0.05) is 47.0 Å². The molecular weight excluding hydrogens is 184 g/mol. The summed E-state index contributed by atoms with van der Waals surface area (Å²) in [6, 6.07) is 0. The second-order valence-corrected chi connectivity index (χ2v) is 5.79. The Kier molecular flexibility index (Phi) is 5.11. The lowest BCUT2D eigenvalue weighted by Gasteiger charge is -2.35. The average Bonchev–Trinajstić information content (AvgIpc) is 2.27. The molecule has 0 aliphatic heterocycles. The van der Waals surface area contributed by atoms with Crippen molar-refractivity contribution in [1.29, 1.82) is 0 Å². The molecular formula is C14H28O. The minimum atomic E-state index is -0.0700. The molecule has 0 saturated heterocycles. The fraction of sp³-hybridized carbons (Fsp3) is 1.00. The van der Waals surface area contributed by atoms with Crippen molar-refractivity contribution in [2.45, 2.75) is 65.9 Å². The van der Waals surface area contributed by atoms with E-state index in [0.29, 0.717) is 17.8 Å². The van der Waals surface area contributed by atoms with Crippen LogP contribution >= 0.6 is 0 Å². The second-order valence-electron chi connectivity index (χ2n) is 5.79. The Morgan fingerprint density at radius 2 is 1.87 bits per heavy atom. The minimum Gasteiger partial charge on any atom is -0.393 e. The van der Waals surface area contributed by atoms with Gasteiger partial charge < -0.3 is 5.11 Å². The van der Waals surface area contributed by atoms with Crippen LogP contribution < -0.4 is 0 Å². The van der Waals surface area contributed by atoms with Gasteiger partial charge in [-0.25, -0.2) is 0 Å². The first-order valence-electron chi connectivity index (χ1n) is 6.74. The maximum atomic E-state index is 10.3. The third-order valence-corrected chi connectivity index (χ3v) is 4.47. The summed E-state index contributed by atoms with van der Waals surface area (Å²) in [5, 5.41) is 10.3. The summed E-state index contributed by atoms with van der Waals surface area (Å²) in [5.74, 6) is 2.49. The predicted octanol–water partition coefficient (Wildman–Crippen LogP) is 3.86. The lowest BCUT2D eigenvalue weighted by atomic mass is 9.73. The van der Waals surface area contributed by atoms with Gasteiger partial charge in [0.05, 0.1) is 6.10 Å². The van der Waals surface area contributed by atoms with Gasteiger partial charge in [0, 0.05) is 0 Å². The zero-order valence-electron chi connectivity index (χ0n) is 10.9. The van der Waals surface area contributed by atoms with Gasteiger partial charge in [0.15, 0.2) is 0 Å². The van der Waals surface area contributed by atoms with Crippen LogP contribution in [0.4, 0.5) is 0 Å². The van der Waals surface area contributed by atoms with E-state index in [0.717, 1.165) is 5.92 Å². The van der Waals surface area contributed by atoms with Crippen LogP contribution in [-0.2, 0) is 0 Å². The van der Waals surface area contributed by atoms with Crippen molar-refractivity contribution in [3.8, 4) is 0 Å². The summed E-state index contributed by atoms with van der Waals surface area (Å²) in [6.45, 7) is 8.91. The Morgan fingerprint density at radius 3 is 2.40 bits per heavy atom. The third kappa shape index (κ3) is 3.48. The van der Waals surface area contributed by atoms with E-state index in [4.69, 9.17) is 0 Å². The molecule has 4 unspecified atom stereocenters. The molecule has 1 aliphatic rings. The van der Waals surface area contributed by atoms with Crippen molar-refractivity contribution < 1.29 is 5.11 Å². The first-order chi connectivity index (χ1) is 7.06. The van der Waals surface area contributed by atoms with E-state index in [1.54, 1.807) is 0 Å². The fourth-order valence-corrected chi connectivity index (χ4v) is 2.84. The molecule has 90 valence electrons. The van der Waals surface area contributed by atoms with Crippen LogP contribution in [0.25, 0.3) is 0 Å². The molecule has 15 heavy (non-hydrogen) atoms. The largest absolute Gasteiger partial charge is 0.393 e. The topological polar surface area (TPSA) is 20.2 Å². The van der Waals surface area contributed by atoms with Crippen molar-refractivity contribution >= 4 is 0 Å². The first-order valence-corrected chi connectivity index (χ1v) is 6.74. The molecule has 1 aliphatic carbocycles. The van der Waals surface area contributed by atoms with Crippen molar-refractivity contribution in [2.24, 2.45) is 23.7 Å². The molecule has 0 bridgehead atoms. The quantitative estimate of drug-likeness (QED) is 0.750. The van der Waals surface area contributed by atoms with Crippen LogP contribution in [-0.4, -0.2) is 11.2 Å². The van der Waals surface area contributed by atoms with Gasteiger partial charge in [0.1, 0.15) is 0 Å². The fourth-order valence-electron chi connectivity index (χ4n) is 2.84. The number of rotatable bonds is 4. The Hall–Kier alpha value is -0.0400. The molecule has 1 nitrogen and oxygen atoms in total. The second kappa shape index (κ2) is 5.89. The molecule has 1 saturated carbocycles. The van der Waals surface area contributed by atoms with Gasteiger partial charge >= 0.3 is 0 Å². The van der Waals surface area contributed by atoms with Crippen LogP contribution in [0.1, 0.15) is 59.8 Å². The van der Waals surface area contributed by atoms with Gasteiger partial charge in [-0.05, 0) is 36.5 Å². The number of aliphatic hydroxyl groups excluding tert-OH is 1. The summed E-state index contributed by atoms with van der Waals surface area (Å²) >= 11 is 0. The Morgan fingerprint density at radius 1 is 1.20 bits per heavy atom. The van der Waals surface area contributed by atoms with Gasteiger partial charge in [0.2, 0.25) is 0 Å². The lowest BCUT2D eigenvalue weighted by molar-refractivity contribution is 0.0123. The molecule has 0 radical (unpaired) electrons. The molecule has 1 heteroatoms. The van der Waals surface area contributed by atoms with Crippen LogP contribution in [0.15, 0.2) is 0 Å². The highest BCUT2D eigenvalue weighted by Gasteiger charge is 2.30. The highest BCUT2D eigenvalue weighted by atomic mass is 16.3. The van der Waals surface area contributed by atoms with E-state index in [9.17, 15) is 5.11 Å². The standard InChI is InChI=1S/C14H28O/c1-5-12-7-6-8-13(9-12)14(15)11(4)10(2)3/h10-15H,5-9H2,1-4H3. The van der Waals surface area contributed by atoms with Crippen LogP contribution in [0, 0.1) is 23.7 Å². The molecule has 4 atom stereocenters. The molecule has 0 heterocycles. The van der Waals surface area contributed by atoms with E-state index in [1.807, 2.05) is 0 Å². The Balaban J connectivity index is 2.48. The minimum absolute atomic E-state index is 0.0700. The van der Waals surface area contributed by atoms with Crippen molar-refractivity contribution in [3.05, 3.63) is 0 Å². The highest BCUT2D eigenvalue weighted by molar-refractivity contribution is 4.81. The third-order valence-electron chi connectivity index (χ3n) is 4.47.